The van der Waals surface area contributed by atoms with Crippen LogP contribution in [0.5, 0.6) is 0 Å². The van der Waals surface area contributed by atoms with Gasteiger partial charge in [-0.1, -0.05) is 0 Å². The second-order valence-corrected chi connectivity index (χ2v) is 4.85. The molecule has 102 valence electrons. The van der Waals surface area contributed by atoms with E-state index in [4.69, 9.17) is 0 Å². The lowest BCUT2D eigenvalue weighted by Gasteiger charge is -2.17. The summed E-state index contributed by atoms with van der Waals surface area (Å²) in [5.74, 6) is 0. The van der Waals surface area contributed by atoms with Crippen LogP contribution in [-0.2, 0) is 0 Å². The van der Waals surface area contributed by atoms with Crippen molar-refractivity contribution in [3.8, 4) is 0 Å². The van der Waals surface area contributed by atoms with Crippen molar-refractivity contribution >= 4 is 11.3 Å². The van der Waals surface area contributed by atoms with E-state index in [1.807, 2.05) is 23.7 Å². The van der Waals surface area contributed by atoms with Gasteiger partial charge in [-0.3, -0.25) is 0 Å². The van der Waals surface area contributed by atoms with Crippen molar-refractivity contribution in [2.75, 3.05) is 5.32 Å². The highest BCUT2D eigenvalue weighted by Crippen LogP contribution is 2.21. The first kappa shape index (κ1) is 12.5. The first-order chi connectivity index (χ1) is 9.65. The lowest BCUT2D eigenvalue weighted by atomic mass is 10.1. The summed E-state index contributed by atoms with van der Waals surface area (Å²) in [6.07, 6.45) is 6.92. The van der Waals surface area contributed by atoms with Crippen molar-refractivity contribution in [3.63, 3.8) is 0 Å². The van der Waals surface area contributed by atoms with Gasteiger partial charge in [-0.25, -0.2) is 19.5 Å². The first-order valence-electron chi connectivity index (χ1n) is 6.48. The average molecular weight is 268 g/mol. The van der Waals surface area contributed by atoms with Gasteiger partial charge in [0.15, 0.2) is 5.65 Å². The van der Waals surface area contributed by atoms with E-state index in [0.717, 1.165) is 28.3 Å². The lowest BCUT2D eigenvalue weighted by molar-refractivity contribution is 0.796. The molecule has 0 aliphatic rings. The highest BCUT2D eigenvalue weighted by atomic mass is 15.3. The second-order valence-electron chi connectivity index (χ2n) is 4.85. The van der Waals surface area contributed by atoms with Gasteiger partial charge in [0, 0.05) is 23.5 Å². The van der Waals surface area contributed by atoms with Crippen molar-refractivity contribution in [1.82, 2.24) is 24.6 Å². The molecule has 0 aliphatic heterocycles. The molecule has 6 heteroatoms. The van der Waals surface area contributed by atoms with Crippen LogP contribution in [0.3, 0.4) is 0 Å². The summed E-state index contributed by atoms with van der Waals surface area (Å²) in [7, 11) is 0. The van der Waals surface area contributed by atoms with Crippen molar-refractivity contribution in [2.45, 2.75) is 26.8 Å². The zero-order valence-electron chi connectivity index (χ0n) is 11.7. The number of hydrogen-bond acceptors (Lipinski definition) is 5. The van der Waals surface area contributed by atoms with Crippen molar-refractivity contribution in [3.05, 3.63) is 47.9 Å². The Bertz CT molecular complexity index is 734. The van der Waals surface area contributed by atoms with Crippen molar-refractivity contribution in [2.24, 2.45) is 0 Å². The maximum absolute atomic E-state index is 4.46. The summed E-state index contributed by atoms with van der Waals surface area (Å²) in [6, 6.07) is 2.07. The van der Waals surface area contributed by atoms with Gasteiger partial charge in [0.05, 0.1) is 29.8 Å². The molecule has 1 atom stereocenters. The van der Waals surface area contributed by atoms with Crippen LogP contribution in [0, 0.1) is 13.8 Å². The van der Waals surface area contributed by atoms with Gasteiger partial charge in [0.1, 0.15) is 6.33 Å². The van der Waals surface area contributed by atoms with Gasteiger partial charge < -0.3 is 5.32 Å². The molecule has 3 heterocycles. The summed E-state index contributed by atoms with van der Waals surface area (Å²) >= 11 is 0. The fourth-order valence-electron chi connectivity index (χ4n) is 2.30. The van der Waals surface area contributed by atoms with Crippen LogP contribution in [0.2, 0.25) is 0 Å². The molecule has 0 aliphatic carbocycles. The minimum absolute atomic E-state index is 0.0995. The molecule has 0 spiro atoms. The zero-order chi connectivity index (χ0) is 14.1. The Balaban J connectivity index is 1.95. The zero-order valence-corrected chi connectivity index (χ0v) is 11.7. The first-order valence-corrected chi connectivity index (χ1v) is 6.48. The molecule has 20 heavy (non-hydrogen) atoms. The number of nitrogens with zero attached hydrogens (tertiary/aromatic N) is 5. The van der Waals surface area contributed by atoms with Gasteiger partial charge in [0.2, 0.25) is 0 Å². The molecule has 3 aromatic rings. The predicted octanol–water partition coefficient (Wildman–Crippen LogP) is 2.31. The summed E-state index contributed by atoms with van der Waals surface area (Å²) in [4.78, 5) is 12.5. The Labute approximate surface area is 116 Å². The van der Waals surface area contributed by atoms with Crippen LogP contribution in [-0.4, -0.2) is 24.6 Å². The second kappa shape index (κ2) is 4.88. The van der Waals surface area contributed by atoms with Crippen molar-refractivity contribution in [1.29, 1.82) is 0 Å². The lowest BCUT2D eigenvalue weighted by Crippen LogP contribution is -2.12. The van der Waals surface area contributed by atoms with Crippen LogP contribution in [0.15, 0.2) is 31.0 Å². The number of nitrogens with one attached hydrogen (secondary N) is 1. The fourth-order valence-corrected chi connectivity index (χ4v) is 2.30. The third kappa shape index (κ3) is 2.20. The minimum atomic E-state index is 0.0995. The summed E-state index contributed by atoms with van der Waals surface area (Å²) in [5, 5.41) is 7.83. The van der Waals surface area contributed by atoms with Crippen LogP contribution in [0.4, 0.5) is 5.69 Å². The third-order valence-corrected chi connectivity index (χ3v) is 3.29. The molecule has 3 rings (SSSR count). The number of hydrogen-bond donors (Lipinski definition) is 1. The quantitative estimate of drug-likeness (QED) is 0.789. The average Bonchev–Trinajstić information content (AvgIpc) is 2.82. The Kier molecular flexibility index (Phi) is 3.06. The number of fused-ring (bicyclic) bond motifs is 1. The summed E-state index contributed by atoms with van der Waals surface area (Å²) < 4.78 is 1.88. The summed E-state index contributed by atoms with van der Waals surface area (Å²) in [6.45, 7) is 6.10. The predicted molar refractivity (Wildman–Crippen MR) is 76.5 cm³/mol. The molecule has 1 unspecified atom stereocenters. The molecule has 0 radical (unpaired) electrons. The maximum atomic E-state index is 4.46. The molecule has 0 bridgehead atoms. The molecule has 0 saturated heterocycles. The topological polar surface area (TPSA) is 68.0 Å². The number of anilines is 1. The normalized spacial score (nSPS) is 12.6. The van der Waals surface area contributed by atoms with Gasteiger partial charge >= 0.3 is 0 Å². The molecule has 6 nitrogen and oxygen atoms in total. The van der Waals surface area contributed by atoms with E-state index in [-0.39, 0.29) is 6.04 Å². The Morgan fingerprint density at radius 3 is 2.65 bits per heavy atom. The third-order valence-electron chi connectivity index (χ3n) is 3.29. The van der Waals surface area contributed by atoms with Gasteiger partial charge in [-0.15, -0.1) is 0 Å². The molecular weight excluding hydrogens is 252 g/mol. The molecule has 0 amide bonds. The van der Waals surface area contributed by atoms with Crippen molar-refractivity contribution < 1.29 is 0 Å². The largest absolute Gasteiger partial charge is 0.376 e. The van der Waals surface area contributed by atoms with Gasteiger partial charge in [0.25, 0.3) is 0 Å². The summed E-state index contributed by atoms with van der Waals surface area (Å²) in [5.41, 5.74) is 4.91. The monoisotopic (exact) mass is 268 g/mol. The smallest absolute Gasteiger partial charge is 0.155 e. The van der Waals surface area contributed by atoms with Crippen LogP contribution in [0.25, 0.3) is 5.65 Å². The SMILES string of the molecule is Cc1cc2ncc(C(C)Nc3cncnc3)c(C)n2n1. The number of rotatable bonds is 3. The van der Waals surface area contributed by atoms with E-state index in [0.29, 0.717) is 0 Å². The van der Waals surface area contributed by atoms with Crippen LogP contribution < -0.4 is 5.32 Å². The van der Waals surface area contributed by atoms with E-state index in [1.54, 1.807) is 12.4 Å². The van der Waals surface area contributed by atoms with Crippen LogP contribution >= 0.6 is 0 Å². The number of aryl methyl sites for hydroxylation is 2. The Hall–Kier alpha value is -2.50. The van der Waals surface area contributed by atoms with Gasteiger partial charge in [-0.05, 0) is 20.8 Å². The van der Waals surface area contributed by atoms with E-state index in [2.05, 4.69) is 39.2 Å². The van der Waals surface area contributed by atoms with Gasteiger partial charge in [-0.2, -0.15) is 5.10 Å². The maximum Gasteiger partial charge on any atom is 0.155 e. The van der Waals surface area contributed by atoms with E-state index in [9.17, 15) is 0 Å². The molecule has 0 fully saturated rings. The van der Waals surface area contributed by atoms with E-state index in [1.165, 1.54) is 6.33 Å². The fraction of sp³-hybridized carbons (Fsp3) is 0.286. The molecule has 0 saturated carbocycles. The van der Waals surface area contributed by atoms with Crippen LogP contribution in [0.1, 0.15) is 29.9 Å². The molecule has 1 N–H and O–H groups in total. The van der Waals surface area contributed by atoms with E-state index < -0.39 is 0 Å². The molecule has 3 aromatic heterocycles. The van der Waals surface area contributed by atoms with E-state index >= 15 is 0 Å². The minimum Gasteiger partial charge on any atom is -0.376 e. The highest BCUT2D eigenvalue weighted by Gasteiger charge is 2.13. The molecule has 0 aromatic carbocycles. The standard InChI is InChI=1S/C14H16N6/c1-9-4-14-17-7-13(11(3)20(14)19-9)10(2)18-12-5-15-8-16-6-12/h4-8,10,18H,1-3H3. The molecular formula is C14H16N6. The highest BCUT2D eigenvalue weighted by molar-refractivity contribution is 5.45. The Morgan fingerprint density at radius 2 is 1.90 bits per heavy atom. The number of aromatic nitrogens is 5. The Morgan fingerprint density at radius 1 is 1.15 bits per heavy atom.